The molecular weight excluding hydrogens is 288 g/mol. The minimum Gasteiger partial charge on any atom is -0.490 e. The van der Waals surface area contributed by atoms with E-state index in [0.717, 1.165) is 70.5 Å². The Morgan fingerprint density at radius 3 is 2.52 bits per heavy atom. The van der Waals surface area contributed by atoms with Gasteiger partial charge in [-0.15, -0.1) is 0 Å². The largest absolute Gasteiger partial charge is 0.490 e. The summed E-state index contributed by atoms with van der Waals surface area (Å²) < 4.78 is 6.16. The number of carbonyl (C=O) groups excluding carboxylic acids is 1. The first kappa shape index (κ1) is 15.0. The molecular formula is C19H26N2O2. The van der Waals surface area contributed by atoms with Crippen molar-refractivity contribution >= 4 is 5.91 Å². The van der Waals surface area contributed by atoms with Crippen LogP contribution in [0.15, 0.2) is 18.2 Å². The van der Waals surface area contributed by atoms with Crippen LogP contribution >= 0.6 is 0 Å². The molecule has 0 atom stereocenters. The summed E-state index contributed by atoms with van der Waals surface area (Å²) in [5, 5.41) is 3.37. The first-order chi connectivity index (χ1) is 11.3. The minimum absolute atomic E-state index is 0.329. The van der Waals surface area contributed by atoms with Crippen LogP contribution in [0.3, 0.4) is 0 Å². The zero-order chi connectivity index (χ0) is 15.6. The van der Waals surface area contributed by atoms with Gasteiger partial charge in [0.1, 0.15) is 11.9 Å². The Morgan fingerprint density at radius 2 is 1.78 bits per heavy atom. The number of rotatable bonds is 3. The summed E-state index contributed by atoms with van der Waals surface area (Å²) in [6.45, 7) is 3.83. The molecule has 4 heteroatoms. The molecule has 1 saturated heterocycles. The lowest BCUT2D eigenvalue weighted by Crippen LogP contribution is -2.34. The summed E-state index contributed by atoms with van der Waals surface area (Å²) in [5.74, 6) is 1.71. The van der Waals surface area contributed by atoms with Gasteiger partial charge in [-0.1, -0.05) is 6.07 Å². The molecule has 1 amide bonds. The molecule has 2 fully saturated rings. The van der Waals surface area contributed by atoms with Crippen LogP contribution in [0.2, 0.25) is 0 Å². The summed E-state index contributed by atoms with van der Waals surface area (Å²) in [7, 11) is 0. The van der Waals surface area contributed by atoms with Gasteiger partial charge in [-0.25, -0.2) is 0 Å². The zero-order valence-corrected chi connectivity index (χ0v) is 13.7. The summed E-state index contributed by atoms with van der Waals surface area (Å²) >= 11 is 0. The number of fused-ring (bicyclic) bond motifs is 1. The molecule has 0 bridgehead atoms. The van der Waals surface area contributed by atoms with Gasteiger partial charge in [0.15, 0.2) is 0 Å². The smallest absolute Gasteiger partial charge is 0.225 e. The second-order valence-electron chi connectivity index (χ2n) is 7.10. The summed E-state index contributed by atoms with van der Waals surface area (Å²) in [5.41, 5.74) is 2.75. The molecule has 1 N–H and O–H groups in total. The molecule has 1 aliphatic carbocycles. The van der Waals surface area contributed by atoms with Gasteiger partial charge in [0.25, 0.3) is 0 Å². The molecule has 2 heterocycles. The third kappa shape index (κ3) is 3.52. The molecule has 3 aliphatic rings. The fraction of sp³-hybridized carbons (Fsp3) is 0.632. The van der Waals surface area contributed by atoms with Crippen LogP contribution in [0, 0.1) is 5.92 Å². The fourth-order valence-corrected chi connectivity index (χ4v) is 3.69. The van der Waals surface area contributed by atoms with Gasteiger partial charge in [-0.3, -0.25) is 4.79 Å². The van der Waals surface area contributed by atoms with E-state index in [9.17, 15) is 4.79 Å². The number of nitrogens with zero attached hydrogens (tertiary/aromatic N) is 1. The van der Waals surface area contributed by atoms with Crippen molar-refractivity contribution in [3.8, 4) is 5.75 Å². The third-order valence-electron chi connectivity index (χ3n) is 5.31. The van der Waals surface area contributed by atoms with Gasteiger partial charge >= 0.3 is 0 Å². The maximum atomic E-state index is 12.3. The van der Waals surface area contributed by atoms with E-state index in [1.807, 2.05) is 0 Å². The van der Waals surface area contributed by atoms with Gasteiger partial charge in [0.2, 0.25) is 5.91 Å². The molecule has 23 heavy (non-hydrogen) atoms. The van der Waals surface area contributed by atoms with E-state index in [-0.39, 0.29) is 0 Å². The Hall–Kier alpha value is -1.55. The zero-order valence-electron chi connectivity index (χ0n) is 13.7. The standard InChI is InChI=1S/C19H26N2O2/c22-19(15-1-2-15)21-11-7-14-3-4-18(13-16(14)8-12-21)23-17-5-9-20-10-6-17/h3-4,13,15,17,20H,1-2,5-12H2. The van der Waals surface area contributed by atoms with E-state index in [0.29, 0.717) is 17.9 Å². The van der Waals surface area contributed by atoms with Crippen molar-refractivity contribution in [1.29, 1.82) is 0 Å². The van der Waals surface area contributed by atoms with Crippen molar-refractivity contribution in [3.05, 3.63) is 29.3 Å². The SMILES string of the molecule is O=C(C1CC1)N1CCc2ccc(OC3CCNCC3)cc2CC1. The highest BCUT2D eigenvalue weighted by atomic mass is 16.5. The van der Waals surface area contributed by atoms with E-state index in [1.54, 1.807) is 0 Å². The molecule has 124 valence electrons. The average Bonchev–Trinajstić information content (AvgIpc) is 3.42. The van der Waals surface area contributed by atoms with Crippen LogP contribution in [0.5, 0.6) is 5.75 Å². The molecule has 0 spiro atoms. The predicted octanol–water partition coefficient (Wildman–Crippen LogP) is 2.15. The normalized spacial score (nSPS) is 22.3. The number of amides is 1. The lowest BCUT2D eigenvalue weighted by molar-refractivity contribution is -0.132. The maximum Gasteiger partial charge on any atom is 0.225 e. The second kappa shape index (κ2) is 6.52. The molecule has 0 radical (unpaired) electrons. The molecule has 1 saturated carbocycles. The van der Waals surface area contributed by atoms with Gasteiger partial charge in [0.05, 0.1) is 0 Å². The van der Waals surface area contributed by atoms with E-state index < -0.39 is 0 Å². The first-order valence-electron chi connectivity index (χ1n) is 9.07. The molecule has 4 rings (SSSR count). The van der Waals surface area contributed by atoms with Crippen molar-refractivity contribution in [2.24, 2.45) is 5.92 Å². The summed E-state index contributed by atoms with van der Waals surface area (Å²) in [6.07, 6.45) is 6.63. The molecule has 0 aromatic heterocycles. The van der Waals surface area contributed by atoms with E-state index in [1.165, 1.54) is 11.1 Å². The van der Waals surface area contributed by atoms with Crippen LogP contribution in [0.25, 0.3) is 0 Å². The first-order valence-corrected chi connectivity index (χ1v) is 9.07. The van der Waals surface area contributed by atoms with Crippen LogP contribution in [-0.2, 0) is 17.6 Å². The number of ether oxygens (including phenoxy) is 1. The molecule has 2 aliphatic heterocycles. The molecule has 0 unspecified atom stereocenters. The van der Waals surface area contributed by atoms with E-state index in [4.69, 9.17) is 4.74 Å². The number of benzene rings is 1. The summed E-state index contributed by atoms with van der Waals surface area (Å²) in [4.78, 5) is 14.4. The van der Waals surface area contributed by atoms with Gasteiger partial charge in [-0.2, -0.15) is 0 Å². The maximum absolute atomic E-state index is 12.3. The van der Waals surface area contributed by atoms with Crippen molar-refractivity contribution in [3.63, 3.8) is 0 Å². The second-order valence-corrected chi connectivity index (χ2v) is 7.10. The highest BCUT2D eigenvalue weighted by Crippen LogP contribution is 2.32. The quantitative estimate of drug-likeness (QED) is 0.929. The van der Waals surface area contributed by atoms with Crippen LogP contribution in [-0.4, -0.2) is 43.1 Å². The van der Waals surface area contributed by atoms with Crippen molar-refractivity contribution in [1.82, 2.24) is 10.2 Å². The molecule has 1 aromatic rings. The van der Waals surface area contributed by atoms with Crippen LogP contribution in [0.1, 0.15) is 36.8 Å². The number of nitrogens with one attached hydrogen (secondary N) is 1. The van der Waals surface area contributed by atoms with Crippen molar-refractivity contribution in [2.45, 2.75) is 44.6 Å². The van der Waals surface area contributed by atoms with E-state index in [2.05, 4.69) is 28.4 Å². The molecule has 1 aromatic carbocycles. The fourth-order valence-electron chi connectivity index (χ4n) is 3.69. The lowest BCUT2D eigenvalue weighted by atomic mass is 10.0. The Kier molecular flexibility index (Phi) is 4.25. The highest BCUT2D eigenvalue weighted by molar-refractivity contribution is 5.81. The number of carbonyl (C=O) groups is 1. The third-order valence-corrected chi connectivity index (χ3v) is 5.31. The van der Waals surface area contributed by atoms with Crippen LogP contribution in [0.4, 0.5) is 0 Å². The van der Waals surface area contributed by atoms with E-state index >= 15 is 0 Å². The summed E-state index contributed by atoms with van der Waals surface area (Å²) in [6, 6.07) is 6.53. The Labute approximate surface area is 138 Å². The number of hydrogen-bond acceptors (Lipinski definition) is 3. The minimum atomic E-state index is 0.329. The van der Waals surface area contributed by atoms with Gasteiger partial charge in [0, 0.05) is 19.0 Å². The number of piperidine rings is 1. The number of hydrogen-bond donors (Lipinski definition) is 1. The molecule has 4 nitrogen and oxygen atoms in total. The Balaban J connectivity index is 1.42. The predicted molar refractivity (Wildman–Crippen MR) is 89.7 cm³/mol. The Bertz CT molecular complexity index is 577. The van der Waals surface area contributed by atoms with Gasteiger partial charge in [-0.05, 0) is 74.9 Å². The van der Waals surface area contributed by atoms with Crippen molar-refractivity contribution < 1.29 is 9.53 Å². The van der Waals surface area contributed by atoms with Crippen LogP contribution < -0.4 is 10.1 Å². The monoisotopic (exact) mass is 314 g/mol. The Morgan fingerprint density at radius 1 is 1.04 bits per heavy atom. The lowest BCUT2D eigenvalue weighted by Gasteiger charge is -2.24. The highest BCUT2D eigenvalue weighted by Gasteiger charge is 2.33. The van der Waals surface area contributed by atoms with Crippen molar-refractivity contribution in [2.75, 3.05) is 26.2 Å². The topological polar surface area (TPSA) is 41.6 Å². The average molecular weight is 314 g/mol. The van der Waals surface area contributed by atoms with Gasteiger partial charge < -0.3 is 15.0 Å².